The summed E-state index contributed by atoms with van der Waals surface area (Å²) in [6.07, 6.45) is 6.39. The van der Waals surface area contributed by atoms with Gasteiger partial charge < -0.3 is 15.0 Å². The van der Waals surface area contributed by atoms with Gasteiger partial charge in [0.2, 0.25) is 0 Å². The molecule has 0 spiro atoms. The number of nitrogens with one attached hydrogen (secondary N) is 1. The molecule has 2 rings (SSSR count). The van der Waals surface area contributed by atoms with Gasteiger partial charge in [0, 0.05) is 31.1 Å². The first-order chi connectivity index (χ1) is 8.88. The molecule has 1 fully saturated rings. The van der Waals surface area contributed by atoms with Crippen molar-refractivity contribution in [3.05, 3.63) is 22.7 Å². The second-order valence-electron chi connectivity index (χ2n) is 6.45. The monoisotopic (exact) mass is 265 g/mol. The molecular weight excluding hydrogens is 242 g/mol. The molecule has 0 bridgehead atoms. The molecule has 5 nitrogen and oxygen atoms in total. The maximum Gasteiger partial charge on any atom is 0.293 e. The van der Waals surface area contributed by atoms with Crippen LogP contribution in [-0.4, -0.2) is 27.8 Å². The van der Waals surface area contributed by atoms with Gasteiger partial charge >= 0.3 is 0 Å². The van der Waals surface area contributed by atoms with E-state index in [9.17, 15) is 4.79 Å². The number of anilines is 1. The minimum atomic E-state index is -0.251. The topological polar surface area (TPSA) is 67.2 Å². The van der Waals surface area contributed by atoms with Gasteiger partial charge in [-0.1, -0.05) is 0 Å². The normalized spacial score (nSPS) is 17.3. The Labute approximate surface area is 113 Å². The SMILES string of the molecule is CC(C)(C)n1ccnc(NCC2(CCO)CC2)c1=O. The van der Waals surface area contributed by atoms with E-state index >= 15 is 0 Å². The van der Waals surface area contributed by atoms with Crippen molar-refractivity contribution in [2.45, 2.75) is 45.6 Å². The van der Waals surface area contributed by atoms with Crippen LogP contribution in [0.5, 0.6) is 0 Å². The molecule has 0 amide bonds. The van der Waals surface area contributed by atoms with Crippen molar-refractivity contribution in [1.29, 1.82) is 0 Å². The average Bonchev–Trinajstić information content (AvgIpc) is 3.07. The summed E-state index contributed by atoms with van der Waals surface area (Å²) in [6.45, 7) is 6.89. The van der Waals surface area contributed by atoms with Crippen molar-refractivity contribution in [3.8, 4) is 0 Å². The molecule has 0 saturated heterocycles. The summed E-state index contributed by atoms with van der Waals surface area (Å²) in [6, 6.07) is 0. The van der Waals surface area contributed by atoms with Crippen molar-refractivity contribution in [1.82, 2.24) is 9.55 Å². The number of aromatic nitrogens is 2. The first-order valence-corrected chi connectivity index (χ1v) is 6.81. The number of aliphatic hydroxyl groups is 1. The number of aliphatic hydroxyl groups excluding tert-OH is 1. The van der Waals surface area contributed by atoms with E-state index < -0.39 is 0 Å². The molecule has 0 radical (unpaired) electrons. The summed E-state index contributed by atoms with van der Waals surface area (Å²) in [4.78, 5) is 16.4. The Balaban J connectivity index is 2.12. The molecule has 2 N–H and O–H groups in total. The molecule has 1 heterocycles. The van der Waals surface area contributed by atoms with Gasteiger partial charge in [-0.15, -0.1) is 0 Å². The van der Waals surface area contributed by atoms with Crippen molar-refractivity contribution in [3.63, 3.8) is 0 Å². The van der Waals surface area contributed by atoms with Crippen LogP contribution in [0.15, 0.2) is 17.2 Å². The fraction of sp³-hybridized carbons (Fsp3) is 0.714. The Kier molecular flexibility index (Phi) is 3.67. The maximum absolute atomic E-state index is 12.3. The van der Waals surface area contributed by atoms with Crippen molar-refractivity contribution in [2.75, 3.05) is 18.5 Å². The van der Waals surface area contributed by atoms with Gasteiger partial charge in [0.1, 0.15) is 0 Å². The molecule has 1 aromatic rings. The lowest BCUT2D eigenvalue weighted by Gasteiger charge is -2.23. The Morgan fingerprint density at radius 1 is 1.47 bits per heavy atom. The Bertz CT molecular complexity index is 498. The highest BCUT2D eigenvalue weighted by atomic mass is 16.3. The van der Waals surface area contributed by atoms with Gasteiger partial charge in [0.15, 0.2) is 5.82 Å². The van der Waals surface area contributed by atoms with Crippen LogP contribution < -0.4 is 10.9 Å². The predicted octanol–water partition coefficient (Wildman–Crippen LogP) is 1.57. The van der Waals surface area contributed by atoms with Crippen LogP contribution in [0.3, 0.4) is 0 Å². The molecule has 1 aromatic heterocycles. The van der Waals surface area contributed by atoms with Gasteiger partial charge in [-0.05, 0) is 45.4 Å². The van der Waals surface area contributed by atoms with Crippen LogP contribution in [0, 0.1) is 5.41 Å². The largest absolute Gasteiger partial charge is 0.396 e. The zero-order valence-corrected chi connectivity index (χ0v) is 11.9. The minimum Gasteiger partial charge on any atom is -0.396 e. The van der Waals surface area contributed by atoms with E-state index in [2.05, 4.69) is 10.3 Å². The molecule has 106 valence electrons. The number of hydrogen-bond acceptors (Lipinski definition) is 4. The van der Waals surface area contributed by atoms with Crippen LogP contribution in [0.25, 0.3) is 0 Å². The number of nitrogens with zero attached hydrogens (tertiary/aromatic N) is 2. The summed E-state index contributed by atoms with van der Waals surface area (Å²) in [5, 5.41) is 12.2. The lowest BCUT2D eigenvalue weighted by molar-refractivity contribution is 0.253. The second kappa shape index (κ2) is 4.96. The van der Waals surface area contributed by atoms with E-state index in [1.807, 2.05) is 20.8 Å². The Morgan fingerprint density at radius 3 is 2.68 bits per heavy atom. The first kappa shape index (κ1) is 14.1. The van der Waals surface area contributed by atoms with Gasteiger partial charge in [0.05, 0.1) is 0 Å². The zero-order chi connectivity index (χ0) is 14.1. The molecule has 0 aromatic carbocycles. The third-order valence-electron chi connectivity index (χ3n) is 3.79. The van der Waals surface area contributed by atoms with E-state index in [1.54, 1.807) is 17.0 Å². The van der Waals surface area contributed by atoms with Crippen LogP contribution in [-0.2, 0) is 5.54 Å². The summed E-state index contributed by atoms with van der Waals surface area (Å²) >= 11 is 0. The third kappa shape index (κ3) is 3.15. The Morgan fingerprint density at radius 2 is 2.16 bits per heavy atom. The maximum atomic E-state index is 12.3. The van der Waals surface area contributed by atoms with E-state index in [0.717, 1.165) is 19.3 Å². The van der Waals surface area contributed by atoms with E-state index in [4.69, 9.17) is 5.11 Å². The van der Waals surface area contributed by atoms with Crippen molar-refractivity contribution < 1.29 is 5.11 Å². The highest BCUT2D eigenvalue weighted by Crippen LogP contribution is 2.48. The lowest BCUT2D eigenvalue weighted by Crippen LogP contribution is -2.35. The van der Waals surface area contributed by atoms with Gasteiger partial charge in [-0.2, -0.15) is 0 Å². The highest BCUT2D eigenvalue weighted by Gasteiger charge is 2.41. The predicted molar refractivity (Wildman–Crippen MR) is 75.4 cm³/mol. The first-order valence-electron chi connectivity index (χ1n) is 6.81. The van der Waals surface area contributed by atoms with Gasteiger partial charge in [0.25, 0.3) is 5.56 Å². The highest BCUT2D eigenvalue weighted by molar-refractivity contribution is 5.32. The number of hydrogen-bond donors (Lipinski definition) is 2. The second-order valence-corrected chi connectivity index (χ2v) is 6.45. The summed E-state index contributed by atoms with van der Waals surface area (Å²) in [7, 11) is 0. The number of rotatable bonds is 5. The van der Waals surface area contributed by atoms with Crippen molar-refractivity contribution >= 4 is 5.82 Å². The van der Waals surface area contributed by atoms with Crippen LogP contribution in [0.2, 0.25) is 0 Å². The molecule has 0 unspecified atom stereocenters. The molecule has 19 heavy (non-hydrogen) atoms. The zero-order valence-electron chi connectivity index (χ0n) is 11.9. The average molecular weight is 265 g/mol. The fourth-order valence-electron chi connectivity index (χ4n) is 2.26. The quantitative estimate of drug-likeness (QED) is 0.848. The molecule has 1 aliphatic rings. The van der Waals surface area contributed by atoms with E-state index in [1.165, 1.54) is 0 Å². The van der Waals surface area contributed by atoms with Crippen molar-refractivity contribution in [2.24, 2.45) is 5.41 Å². The molecule has 0 atom stereocenters. The van der Waals surface area contributed by atoms with Gasteiger partial charge in [-0.25, -0.2) is 4.98 Å². The minimum absolute atomic E-state index is 0.0881. The van der Waals surface area contributed by atoms with Crippen LogP contribution >= 0.6 is 0 Å². The Hall–Kier alpha value is -1.36. The van der Waals surface area contributed by atoms with Crippen LogP contribution in [0.1, 0.15) is 40.0 Å². The molecule has 0 aliphatic heterocycles. The smallest absolute Gasteiger partial charge is 0.293 e. The molecule has 1 aliphatic carbocycles. The van der Waals surface area contributed by atoms with E-state index in [0.29, 0.717) is 12.4 Å². The summed E-state index contributed by atoms with van der Waals surface area (Å²) < 4.78 is 1.69. The molecular formula is C14H23N3O2. The standard InChI is InChI=1S/C14H23N3O2/c1-13(2,3)17-8-7-15-11(12(17)19)16-10-14(4-5-14)6-9-18/h7-8,18H,4-6,9-10H2,1-3H3,(H,15,16). The summed E-state index contributed by atoms with van der Waals surface area (Å²) in [5.74, 6) is 0.404. The van der Waals surface area contributed by atoms with Gasteiger partial charge in [-0.3, -0.25) is 4.79 Å². The lowest BCUT2D eigenvalue weighted by atomic mass is 10.0. The molecule has 5 heteroatoms. The molecule has 1 saturated carbocycles. The van der Waals surface area contributed by atoms with E-state index in [-0.39, 0.29) is 23.1 Å². The van der Waals surface area contributed by atoms with Crippen LogP contribution in [0.4, 0.5) is 5.82 Å². The third-order valence-corrected chi connectivity index (χ3v) is 3.79. The fourth-order valence-corrected chi connectivity index (χ4v) is 2.26. The summed E-state index contributed by atoms with van der Waals surface area (Å²) in [5.41, 5.74) is -0.167.